The van der Waals surface area contributed by atoms with Gasteiger partial charge in [0, 0.05) is 31.5 Å². The Morgan fingerprint density at radius 3 is 2.57 bits per heavy atom. The summed E-state index contributed by atoms with van der Waals surface area (Å²) in [4.78, 5) is 23.4. The molecule has 0 heterocycles. The zero-order chi connectivity index (χ0) is 15.7. The molecule has 0 spiro atoms. The molecule has 0 saturated heterocycles. The van der Waals surface area contributed by atoms with Crippen LogP contribution in [0.15, 0.2) is 24.3 Å². The first-order valence-corrected chi connectivity index (χ1v) is 6.63. The maximum absolute atomic E-state index is 11.8. The van der Waals surface area contributed by atoms with Gasteiger partial charge in [-0.2, -0.15) is 0 Å². The third-order valence-corrected chi connectivity index (χ3v) is 2.78. The number of carbonyl (C=O) groups excluding carboxylic acids is 2. The summed E-state index contributed by atoms with van der Waals surface area (Å²) in [6.45, 7) is 0.503. The molecule has 7 heteroatoms. The third kappa shape index (κ3) is 5.90. The fourth-order valence-electron chi connectivity index (χ4n) is 1.59. The first-order chi connectivity index (χ1) is 10.1. The average Bonchev–Trinajstić information content (AvgIpc) is 2.50. The zero-order valence-electron chi connectivity index (χ0n) is 12.0. The SMILES string of the molecule is COCCC(N)C(=O)Nc1ccc(C(=O)NCCO)cc1. The highest BCUT2D eigenvalue weighted by atomic mass is 16.5. The van der Waals surface area contributed by atoms with E-state index in [1.54, 1.807) is 31.4 Å². The topological polar surface area (TPSA) is 114 Å². The van der Waals surface area contributed by atoms with Gasteiger partial charge in [0.1, 0.15) is 0 Å². The highest BCUT2D eigenvalue weighted by molar-refractivity contribution is 5.97. The molecule has 1 atom stereocenters. The summed E-state index contributed by atoms with van der Waals surface area (Å²) in [6.07, 6.45) is 0.435. The van der Waals surface area contributed by atoms with Gasteiger partial charge in [0.15, 0.2) is 0 Å². The van der Waals surface area contributed by atoms with Crippen molar-refractivity contribution in [1.29, 1.82) is 0 Å². The van der Waals surface area contributed by atoms with Crippen LogP contribution < -0.4 is 16.4 Å². The van der Waals surface area contributed by atoms with Crippen LogP contribution in [0.5, 0.6) is 0 Å². The minimum absolute atomic E-state index is 0.112. The molecule has 0 aromatic heterocycles. The lowest BCUT2D eigenvalue weighted by Crippen LogP contribution is -2.36. The highest BCUT2D eigenvalue weighted by Gasteiger charge is 2.13. The number of amides is 2. The van der Waals surface area contributed by atoms with Crippen molar-refractivity contribution in [1.82, 2.24) is 5.32 Å². The Hall–Kier alpha value is -1.96. The second-order valence-electron chi connectivity index (χ2n) is 4.43. The molecule has 0 aliphatic heterocycles. The van der Waals surface area contributed by atoms with Crippen molar-refractivity contribution in [3.05, 3.63) is 29.8 Å². The summed E-state index contributed by atoms with van der Waals surface area (Å²) < 4.78 is 4.86. The number of hydrogen-bond donors (Lipinski definition) is 4. The largest absolute Gasteiger partial charge is 0.395 e. The van der Waals surface area contributed by atoms with Crippen LogP contribution in [0, 0.1) is 0 Å². The van der Waals surface area contributed by atoms with Crippen LogP contribution in [0.25, 0.3) is 0 Å². The number of anilines is 1. The Labute approximate surface area is 123 Å². The lowest BCUT2D eigenvalue weighted by atomic mass is 10.1. The lowest BCUT2D eigenvalue weighted by molar-refractivity contribution is -0.117. The van der Waals surface area contributed by atoms with Crippen LogP contribution in [0.1, 0.15) is 16.8 Å². The number of hydrogen-bond acceptors (Lipinski definition) is 5. The normalized spacial score (nSPS) is 11.8. The highest BCUT2D eigenvalue weighted by Crippen LogP contribution is 2.10. The van der Waals surface area contributed by atoms with E-state index < -0.39 is 6.04 Å². The van der Waals surface area contributed by atoms with Crippen LogP contribution in [0.3, 0.4) is 0 Å². The molecule has 1 rings (SSSR count). The molecule has 0 saturated carbocycles. The molecule has 0 aliphatic carbocycles. The van der Waals surface area contributed by atoms with E-state index in [9.17, 15) is 9.59 Å². The Balaban J connectivity index is 2.54. The van der Waals surface area contributed by atoms with Crippen molar-refractivity contribution < 1.29 is 19.4 Å². The van der Waals surface area contributed by atoms with Gasteiger partial charge in [-0.1, -0.05) is 0 Å². The molecule has 5 N–H and O–H groups in total. The number of nitrogens with one attached hydrogen (secondary N) is 2. The maximum atomic E-state index is 11.8. The van der Waals surface area contributed by atoms with Crippen molar-refractivity contribution in [3.63, 3.8) is 0 Å². The lowest BCUT2D eigenvalue weighted by Gasteiger charge is -2.12. The summed E-state index contributed by atoms with van der Waals surface area (Å²) in [7, 11) is 1.55. The van der Waals surface area contributed by atoms with Gasteiger partial charge < -0.3 is 26.2 Å². The van der Waals surface area contributed by atoms with Crippen molar-refractivity contribution in [2.45, 2.75) is 12.5 Å². The number of carbonyl (C=O) groups is 2. The number of rotatable bonds is 8. The average molecular weight is 295 g/mol. The number of ether oxygens (including phenoxy) is 1. The molecule has 0 aliphatic rings. The fourth-order valence-corrected chi connectivity index (χ4v) is 1.59. The molecule has 7 nitrogen and oxygen atoms in total. The van der Waals surface area contributed by atoms with E-state index in [0.717, 1.165) is 0 Å². The number of nitrogens with two attached hydrogens (primary N) is 1. The minimum atomic E-state index is -0.641. The van der Waals surface area contributed by atoms with Gasteiger partial charge in [-0.3, -0.25) is 9.59 Å². The summed E-state index contributed by atoms with van der Waals surface area (Å²) in [5.74, 6) is -0.580. The van der Waals surface area contributed by atoms with Gasteiger partial charge in [0.05, 0.1) is 12.6 Å². The Bertz CT molecular complexity index is 462. The number of benzene rings is 1. The minimum Gasteiger partial charge on any atom is -0.395 e. The second-order valence-corrected chi connectivity index (χ2v) is 4.43. The molecule has 116 valence electrons. The molecule has 21 heavy (non-hydrogen) atoms. The van der Waals surface area contributed by atoms with E-state index in [-0.39, 0.29) is 25.0 Å². The number of methoxy groups -OCH3 is 1. The smallest absolute Gasteiger partial charge is 0.251 e. The molecule has 1 unspecified atom stereocenters. The van der Waals surface area contributed by atoms with Crippen molar-refractivity contribution in [2.75, 3.05) is 32.2 Å². The Morgan fingerprint density at radius 1 is 1.33 bits per heavy atom. The predicted octanol–water partition coefficient (Wildman–Crippen LogP) is -0.289. The summed E-state index contributed by atoms with van der Waals surface area (Å²) >= 11 is 0. The van der Waals surface area contributed by atoms with Gasteiger partial charge >= 0.3 is 0 Å². The molecule has 0 radical (unpaired) electrons. The fraction of sp³-hybridized carbons (Fsp3) is 0.429. The van der Waals surface area contributed by atoms with Gasteiger partial charge in [-0.05, 0) is 30.7 Å². The van der Waals surface area contributed by atoms with Crippen molar-refractivity contribution in [3.8, 4) is 0 Å². The quantitative estimate of drug-likeness (QED) is 0.526. The van der Waals surface area contributed by atoms with Crippen LogP contribution in [-0.2, 0) is 9.53 Å². The van der Waals surface area contributed by atoms with E-state index in [0.29, 0.717) is 24.3 Å². The monoisotopic (exact) mass is 295 g/mol. The van der Waals surface area contributed by atoms with Gasteiger partial charge in [-0.15, -0.1) is 0 Å². The number of aliphatic hydroxyl groups is 1. The van der Waals surface area contributed by atoms with E-state index in [4.69, 9.17) is 15.6 Å². The zero-order valence-corrected chi connectivity index (χ0v) is 12.0. The Kier molecular flexibility index (Phi) is 7.38. The van der Waals surface area contributed by atoms with Gasteiger partial charge in [0.25, 0.3) is 5.91 Å². The second kappa shape index (κ2) is 9.06. The molecule has 0 bridgehead atoms. The first-order valence-electron chi connectivity index (χ1n) is 6.63. The van der Waals surface area contributed by atoms with Crippen molar-refractivity contribution in [2.24, 2.45) is 5.73 Å². The van der Waals surface area contributed by atoms with Crippen molar-refractivity contribution >= 4 is 17.5 Å². The van der Waals surface area contributed by atoms with Crippen LogP contribution >= 0.6 is 0 Å². The molecule has 0 fully saturated rings. The molecular weight excluding hydrogens is 274 g/mol. The molecular formula is C14H21N3O4. The van der Waals surface area contributed by atoms with Crippen LogP contribution in [0.4, 0.5) is 5.69 Å². The standard InChI is InChI=1S/C14H21N3O4/c1-21-9-6-12(15)14(20)17-11-4-2-10(3-5-11)13(19)16-7-8-18/h2-5,12,18H,6-9,15H2,1H3,(H,16,19)(H,17,20). The van der Waals surface area contributed by atoms with E-state index in [1.165, 1.54) is 0 Å². The van der Waals surface area contributed by atoms with Gasteiger partial charge in [-0.25, -0.2) is 0 Å². The first kappa shape index (κ1) is 17.1. The van der Waals surface area contributed by atoms with E-state index >= 15 is 0 Å². The summed E-state index contributed by atoms with van der Waals surface area (Å²) in [6, 6.07) is 5.77. The maximum Gasteiger partial charge on any atom is 0.251 e. The summed E-state index contributed by atoms with van der Waals surface area (Å²) in [5, 5.41) is 13.8. The molecule has 1 aromatic carbocycles. The Morgan fingerprint density at radius 2 is 2.00 bits per heavy atom. The molecule has 1 aromatic rings. The van der Waals surface area contributed by atoms with E-state index in [2.05, 4.69) is 10.6 Å². The third-order valence-electron chi connectivity index (χ3n) is 2.78. The van der Waals surface area contributed by atoms with Crippen LogP contribution in [0.2, 0.25) is 0 Å². The summed E-state index contributed by atoms with van der Waals surface area (Å²) in [5.41, 5.74) is 6.72. The predicted molar refractivity (Wildman–Crippen MR) is 79.0 cm³/mol. The van der Waals surface area contributed by atoms with Gasteiger partial charge in [0.2, 0.25) is 5.91 Å². The van der Waals surface area contributed by atoms with E-state index in [1.807, 2.05) is 0 Å². The molecule has 2 amide bonds. The number of aliphatic hydroxyl groups excluding tert-OH is 1. The van der Waals surface area contributed by atoms with Crippen LogP contribution in [-0.4, -0.2) is 49.8 Å².